The van der Waals surface area contributed by atoms with Gasteiger partial charge < -0.3 is 5.11 Å². The summed E-state index contributed by atoms with van der Waals surface area (Å²) in [6.45, 7) is 1.41. The minimum Gasteiger partial charge on any atom is -0.481 e. The first-order chi connectivity index (χ1) is 6.55. The molecule has 0 saturated heterocycles. The first kappa shape index (κ1) is 8.99. The van der Waals surface area contributed by atoms with Crippen LogP contribution in [0.2, 0.25) is 0 Å². The number of hydrogen-bond acceptors (Lipinski definition) is 2. The third-order valence-corrected chi connectivity index (χ3v) is 2.69. The molecular formula is C10H10FNO2. The molecule has 0 saturated carbocycles. The smallest absolute Gasteiger partial charge is 0.315 e. The first-order valence-electron chi connectivity index (χ1n) is 4.32. The monoisotopic (exact) mass is 195 g/mol. The summed E-state index contributed by atoms with van der Waals surface area (Å²) in [6, 6.07) is 6.66. The summed E-state index contributed by atoms with van der Waals surface area (Å²) in [5, 5.41) is 9.53. The third kappa shape index (κ3) is 0.999. The van der Waals surface area contributed by atoms with Crippen molar-refractivity contribution in [1.82, 2.24) is 0 Å². The molecule has 74 valence electrons. The Kier molecular flexibility index (Phi) is 1.74. The Morgan fingerprint density at radius 2 is 2.21 bits per heavy atom. The highest BCUT2D eigenvalue weighted by Gasteiger charge is 2.45. The average molecular weight is 195 g/mol. The van der Waals surface area contributed by atoms with Gasteiger partial charge in [0.25, 0.3) is 0 Å². The molecule has 1 atom stereocenters. The van der Waals surface area contributed by atoms with Crippen molar-refractivity contribution in [2.45, 2.75) is 12.3 Å². The SMILES string of the molecule is CC1(C(=O)O)CN(F)c2ccccc21. The van der Waals surface area contributed by atoms with Crippen molar-refractivity contribution in [3.05, 3.63) is 29.8 Å². The van der Waals surface area contributed by atoms with Gasteiger partial charge >= 0.3 is 5.97 Å². The fourth-order valence-corrected chi connectivity index (χ4v) is 1.78. The number of hydrogen-bond donors (Lipinski definition) is 1. The van der Waals surface area contributed by atoms with Crippen molar-refractivity contribution in [3.63, 3.8) is 0 Å². The molecule has 0 amide bonds. The van der Waals surface area contributed by atoms with E-state index in [-0.39, 0.29) is 6.54 Å². The predicted molar refractivity (Wildman–Crippen MR) is 49.9 cm³/mol. The maximum absolute atomic E-state index is 13.3. The van der Waals surface area contributed by atoms with Crippen molar-refractivity contribution >= 4 is 11.7 Å². The van der Waals surface area contributed by atoms with Crippen molar-refractivity contribution in [3.8, 4) is 0 Å². The van der Waals surface area contributed by atoms with E-state index in [1.165, 1.54) is 6.92 Å². The van der Waals surface area contributed by atoms with E-state index >= 15 is 0 Å². The summed E-state index contributed by atoms with van der Waals surface area (Å²) in [6.07, 6.45) is 0. The maximum atomic E-state index is 13.3. The van der Waals surface area contributed by atoms with Gasteiger partial charge in [0, 0.05) is 0 Å². The van der Waals surface area contributed by atoms with E-state index in [9.17, 15) is 9.28 Å². The first-order valence-corrected chi connectivity index (χ1v) is 4.32. The van der Waals surface area contributed by atoms with Crippen LogP contribution in [0, 0.1) is 0 Å². The molecule has 0 fully saturated rings. The number of anilines is 1. The lowest BCUT2D eigenvalue weighted by Gasteiger charge is -2.17. The molecule has 0 aromatic heterocycles. The number of halogens is 1. The van der Waals surface area contributed by atoms with Gasteiger partial charge in [-0.1, -0.05) is 22.7 Å². The molecule has 1 heterocycles. The number of nitrogens with zero attached hydrogens (tertiary/aromatic N) is 1. The molecule has 0 spiro atoms. The lowest BCUT2D eigenvalue weighted by atomic mass is 9.85. The van der Waals surface area contributed by atoms with Gasteiger partial charge in [-0.2, -0.15) is 0 Å². The Morgan fingerprint density at radius 1 is 1.57 bits per heavy atom. The molecule has 0 radical (unpaired) electrons. The molecule has 1 unspecified atom stereocenters. The summed E-state index contributed by atoms with van der Waals surface area (Å²) in [5.74, 6) is -0.995. The number of carboxylic acids is 1. The standard InChI is InChI=1S/C10H10FNO2/c1-10(9(13)14)6-12(11)8-5-3-2-4-7(8)10/h2-5H,6H2,1H3,(H,13,14). The van der Waals surface area contributed by atoms with Crippen LogP contribution in [0.1, 0.15) is 12.5 Å². The molecule has 3 nitrogen and oxygen atoms in total. The number of para-hydroxylation sites is 1. The summed E-state index contributed by atoms with van der Waals surface area (Å²) in [5.41, 5.74) is -0.238. The quantitative estimate of drug-likeness (QED) is 0.694. The Balaban J connectivity index is 2.59. The molecular weight excluding hydrogens is 185 g/mol. The zero-order valence-electron chi connectivity index (χ0n) is 7.70. The van der Waals surface area contributed by atoms with Crippen LogP contribution in [0.3, 0.4) is 0 Å². The second kappa shape index (κ2) is 2.70. The van der Waals surface area contributed by atoms with Crippen LogP contribution in [0.4, 0.5) is 10.2 Å². The fourth-order valence-electron chi connectivity index (χ4n) is 1.78. The topological polar surface area (TPSA) is 40.5 Å². The van der Waals surface area contributed by atoms with E-state index in [2.05, 4.69) is 0 Å². The summed E-state index contributed by atoms with van der Waals surface area (Å²) >= 11 is 0. The van der Waals surface area contributed by atoms with Crippen LogP contribution in [-0.2, 0) is 10.2 Å². The van der Waals surface area contributed by atoms with Crippen molar-refractivity contribution in [1.29, 1.82) is 0 Å². The lowest BCUT2D eigenvalue weighted by Crippen LogP contribution is -2.35. The van der Waals surface area contributed by atoms with Crippen molar-refractivity contribution in [2.75, 3.05) is 11.7 Å². The molecule has 1 aliphatic rings. The van der Waals surface area contributed by atoms with Gasteiger partial charge in [-0.05, 0) is 18.6 Å². The van der Waals surface area contributed by atoms with E-state index in [1.807, 2.05) is 0 Å². The molecule has 14 heavy (non-hydrogen) atoms. The molecule has 1 aromatic carbocycles. The summed E-state index contributed by atoms with van der Waals surface area (Å²) < 4.78 is 13.3. The fraction of sp³-hybridized carbons (Fsp3) is 0.300. The van der Waals surface area contributed by atoms with Gasteiger partial charge in [-0.3, -0.25) is 4.79 Å². The zero-order valence-corrected chi connectivity index (χ0v) is 7.70. The molecule has 0 bridgehead atoms. The van der Waals surface area contributed by atoms with Gasteiger partial charge in [0.05, 0.1) is 12.2 Å². The highest BCUT2D eigenvalue weighted by molar-refractivity contribution is 5.86. The molecule has 1 aliphatic heterocycles. The van der Waals surface area contributed by atoms with Gasteiger partial charge in [-0.15, -0.1) is 0 Å². The number of benzene rings is 1. The molecule has 1 N–H and O–H groups in total. The Bertz CT molecular complexity index is 393. The number of rotatable bonds is 1. The largest absolute Gasteiger partial charge is 0.481 e. The van der Waals surface area contributed by atoms with E-state index in [1.54, 1.807) is 24.3 Å². The van der Waals surface area contributed by atoms with E-state index in [4.69, 9.17) is 5.11 Å². The van der Waals surface area contributed by atoms with Gasteiger partial charge in [0.1, 0.15) is 5.41 Å². The molecule has 4 heteroatoms. The normalized spacial score (nSPS) is 24.9. The number of carbonyl (C=O) groups is 1. The van der Waals surface area contributed by atoms with E-state index in [0.717, 1.165) is 0 Å². The zero-order chi connectivity index (χ0) is 10.3. The second-order valence-corrected chi connectivity index (χ2v) is 3.67. The Hall–Kier alpha value is -1.58. The number of aliphatic carboxylic acids is 1. The van der Waals surface area contributed by atoms with Crippen LogP contribution >= 0.6 is 0 Å². The Labute approximate surface area is 80.7 Å². The summed E-state index contributed by atoms with van der Waals surface area (Å²) in [4.78, 5) is 11.0. The number of fused-ring (bicyclic) bond motifs is 1. The second-order valence-electron chi connectivity index (χ2n) is 3.67. The molecule has 0 aliphatic carbocycles. The molecule has 2 rings (SSSR count). The number of carboxylic acid groups (broad SMARTS) is 1. The van der Waals surface area contributed by atoms with Crippen LogP contribution in [-0.4, -0.2) is 17.6 Å². The van der Waals surface area contributed by atoms with Crippen LogP contribution in [0.5, 0.6) is 0 Å². The molecule has 1 aromatic rings. The highest BCUT2D eigenvalue weighted by Crippen LogP contribution is 2.40. The van der Waals surface area contributed by atoms with Crippen molar-refractivity contribution in [2.24, 2.45) is 0 Å². The van der Waals surface area contributed by atoms with Crippen molar-refractivity contribution < 1.29 is 14.4 Å². The average Bonchev–Trinajstić information content (AvgIpc) is 2.42. The highest BCUT2D eigenvalue weighted by atomic mass is 19.2. The van der Waals surface area contributed by atoms with Gasteiger partial charge in [0.15, 0.2) is 0 Å². The van der Waals surface area contributed by atoms with Crippen LogP contribution in [0.15, 0.2) is 24.3 Å². The minimum absolute atomic E-state index is 0.123. The Morgan fingerprint density at radius 3 is 2.86 bits per heavy atom. The van der Waals surface area contributed by atoms with E-state index < -0.39 is 11.4 Å². The third-order valence-electron chi connectivity index (χ3n) is 2.69. The van der Waals surface area contributed by atoms with E-state index in [0.29, 0.717) is 16.4 Å². The van der Waals surface area contributed by atoms with Crippen LogP contribution in [0.25, 0.3) is 0 Å². The predicted octanol–water partition coefficient (Wildman–Crippen LogP) is 1.73. The van der Waals surface area contributed by atoms with Crippen LogP contribution < -0.4 is 5.12 Å². The van der Waals surface area contributed by atoms with Gasteiger partial charge in [0.2, 0.25) is 0 Å². The van der Waals surface area contributed by atoms with Gasteiger partial charge in [-0.25, -0.2) is 5.12 Å². The lowest BCUT2D eigenvalue weighted by molar-refractivity contribution is -0.142. The minimum atomic E-state index is -1.13. The summed E-state index contributed by atoms with van der Waals surface area (Å²) in [7, 11) is 0. The maximum Gasteiger partial charge on any atom is 0.315 e.